The third-order valence-electron chi connectivity index (χ3n) is 1.15. The first-order valence-electron chi connectivity index (χ1n) is 3.56. The van der Waals surface area contributed by atoms with E-state index < -0.39 is 23.1 Å². The van der Waals surface area contributed by atoms with Gasteiger partial charge in [0.05, 0.1) is 0 Å². The Morgan fingerprint density at radius 1 is 1.71 bits per heavy atom. The zero-order valence-electron chi connectivity index (χ0n) is 7.29. The van der Waals surface area contributed by atoms with Gasteiger partial charge >= 0.3 is 5.97 Å². The molecule has 1 atom stereocenters. The molecule has 0 aromatic rings. The van der Waals surface area contributed by atoms with Crippen molar-refractivity contribution < 1.29 is 19.1 Å². The highest BCUT2D eigenvalue weighted by molar-refractivity contribution is 9.11. The van der Waals surface area contributed by atoms with Gasteiger partial charge in [-0.25, -0.2) is 4.79 Å². The highest BCUT2D eigenvalue weighted by Crippen LogP contribution is 2.19. The molecule has 0 aromatic heterocycles. The molecule has 0 aromatic carbocycles. The summed E-state index contributed by atoms with van der Waals surface area (Å²) in [6.45, 7) is 1.21. The molecular formula is C7H9BrFNO3S. The van der Waals surface area contributed by atoms with Crippen LogP contribution in [0, 0.1) is 0 Å². The van der Waals surface area contributed by atoms with Gasteiger partial charge in [-0.2, -0.15) is 4.39 Å². The van der Waals surface area contributed by atoms with Crippen LogP contribution in [0.2, 0.25) is 0 Å². The van der Waals surface area contributed by atoms with Gasteiger partial charge in [0.2, 0.25) is 5.91 Å². The molecule has 2 N–H and O–H groups in total. The van der Waals surface area contributed by atoms with Gasteiger partial charge in [-0.1, -0.05) is 27.7 Å². The van der Waals surface area contributed by atoms with E-state index in [1.807, 2.05) is 0 Å². The fraction of sp³-hybridized carbons (Fsp3) is 0.429. The van der Waals surface area contributed by atoms with Crippen LogP contribution >= 0.6 is 27.7 Å². The standard InChI is InChI=1S/C7H9BrFNO3S/c1-4(11)10-5(7(12)13)3-14-6(9)2-8/h2,5H,3H2,1H3,(H,10,11)(H,12,13)/b6-2+/t5-/m0/s1. The summed E-state index contributed by atoms with van der Waals surface area (Å²) >= 11 is 3.47. The Kier molecular flexibility index (Phi) is 6.56. The summed E-state index contributed by atoms with van der Waals surface area (Å²) < 4.78 is 12.6. The SMILES string of the molecule is CC(=O)N[C@@H](CS/C(F)=C/Br)C(=O)O. The zero-order valence-corrected chi connectivity index (χ0v) is 9.69. The number of thioether (sulfide) groups is 1. The number of carboxylic acid groups (broad SMARTS) is 1. The lowest BCUT2D eigenvalue weighted by molar-refractivity contribution is -0.140. The number of hydrogen-bond acceptors (Lipinski definition) is 3. The quantitative estimate of drug-likeness (QED) is 0.803. The molecule has 4 nitrogen and oxygen atoms in total. The average molecular weight is 286 g/mol. The number of carbonyl (C=O) groups is 2. The Balaban J connectivity index is 4.11. The van der Waals surface area contributed by atoms with Gasteiger partial charge < -0.3 is 10.4 Å². The maximum absolute atomic E-state index is 12.6. The van der Waals surface area contributed by atoms with Crippen molar-refractivity contribution in [3.8, 4) is 0 Å². The molecule has 14 heavy (non-hydrogen) atoms. The van der Waals surface area contributed by atoms with Crippen molar-refractivity contribution in [2.45, 2.75) is 13.0 Å². The number of nitrogens with one attached hydrogen (secondary N) is 1. The molecule has 0 spiro atoms. The smallest absolute Gasteiger partial charge is 0.327 e. The molecule has 0 saturated heterocycles. The molecule has 0 fully saturated rings. The number of carbonyl (C=O) groups excluding carboxylic acids is 1. The molecule has 0 aliphatic heterocycles. The van der Waals surface area contributed by atoms with E-state index in [0.717, 1.165) is 4.99 Å². The monoisotopic (exact) mass is 285 g/mol. The van der Waals surface area contributed by atoms with E-state index in [1.165, 1.54) is 6.92 Å². The topological polar surface area (TPSA) is 66.4 Å². The molecule has 1 amide bonds. The minimum absolute atomic E-state index is 0.0527. The Labute approximate surface area is 93.1 Å². The van der Waals surface area contributed by atoms with E-state index in [1.54, 1.807) is 0 Å². The summed E-state index contributed by atoms with van der Waals surface area (Å²) in [5.41, 5.74) is 0. The molecule has 0 unspecified atom stereocenters. The number of aliphatic carboxylic acids is 1. The third-order valence-corrected chi connectivity index (χ3v) is 2.75. The second-order valence-electron chi connectivity index (χ2n) is 2.32. The Bertz CT molecular complexity index is 259. The lowest BCUT2D eigenvalue weighted by atomic mass is 10.3. The predicted molar refractivity (Wildman–Crippen MR) is 55.8 cm³/mol. The van der Waals surface area contributed by atoms with Crippen molar-refractivity contribution in [2.24, 2.45) is 0 Å². The molecule has 0 rings (SSSR count). The molecule has 0 aliphatic rings. The van der Waals surface area contributed by atoms with Crippen molar-refractivity contribution >= 4 is 39.6 Å². The minimum Gasteiger partial charge on any atom is -0.480 e. The molecule has 0 radical (unpaired) electrons. The van der Waals surface area contributed by atoms with Crippen LogP contribution in [0.15, 0.2) is 10.1 Å². The molecule has 0 bridgehead atoms. The first-order valence-corrected chi connectivity index (χ1v) is 5.46. The summed E-state index contributed by atoms with van der Waals surface area (Å²) in [6.07, 6.45) is 0. The molecule has 0 heterocycles. The molecule has 0 saturated carbocycles. The number of amides is 1. The van der Waals surface area contributed by atoms with Crippen molar-refractivity contribution in [3.63, 3.8) is 0 Å². The number of halogens is 2. The van der Waals surface area contributed by atoms with E-state index in [-0.39, 0.29) is 5.75 Å². The molecule has 0 aliphatic carbocycles. The Hall–Kier alpha value is -0.560. The van der Waals surface area contributed by atoms with Crippen LogP contribution < -0.4 is 5.32 Å². The highest BCUT2D eigenvalue weighted by atomic mass is 79.9. The van der Waals surface area contributed by atoms with Crippen LogP contribution in [0.1, 0.15) is 6.92 Å². The van der Waals surface area contributed by atoms with Crippen LogP contribution in [0.4, 0.5) is 4.39 Å². The first-order chi connectivity index (χ1) is 6.47. The number of hydrogen-bond donors (Lipinski definition) is 2. The van der Waals surface area contributed by atoms with Gasteiger partial charge in [0.1, 0.15) is 6.04 Å². The predicted octanol–water partition coefficient (Wildman–Crippen LogP) is 1.47. The van der Waals surface area contributed by atoms with Crippen molar-refractivity contribution in [1.82, 2.24) is 5.32 Å². The van der Waals surface area contributed by atoms with Gasteiger partial charge in [-0.05, 0) is 0 Å². The second kappa shape index (κ2) is 6.83. The first kappa shape index (κ1) is 13.4. The van der Waals surface area contributed by atoms with Crippen molar-refractivity contribution in [1.29, 1.82) is 0 Å². The van der Waals surface area contributed by atoms with Crippen molar-refractivity contribution in [3.05, 3.63) is 10.1 Å². The van der Waals surface area contributed by atoms with Crippen LogP contribution in [-0.4, -0.2) is 28.8 Å². The van der Waals surface area contributed by atoms with Gasteiger partial charge in [0.25, 0.3) is 0 Å². The molecule has 80 valence electrons. The Morgan fingerprint density at radius 2 is 2.29 bits per heavy atom. The fourth-order valence-corrected chi connectivity index (χ4v) is 1.63. The van der Waals surface area contributed by atoms with Gasteiger partial charge in [-0.3, -0.25) is 4.79 Å². The lowest BCUT2D eigenvalue weighted by Crippen LogP contribution is -2.41. The maximum Gasteiger partial charge on any atom is 0.327 e. The summed E-state index contributed by atoms with van der Waals surface area (Å²) in [6, 6.07) is -1.07. The van der Waals surface area contributed by atoms with Gasteiger partial charge in [-0.15, -0.1) is 0 Å². The molecular weight excluding hydrogens is 277 g/mol. The van der Waals surface area contributed by atoms with Crippen LogP contribution in [-0.2, 0) is 9.59 Å². The van der Waals surface area contributed by atoms with E-state index >= 15 is 0 Å². The summed E-state index contributed by atoms with van der Waals surface area (Å²) in [4.78, 5) is 22.2. The number of rotatable bonds is 5. The minimum atomic E-state index is -1.19. The van der Waals surface area contributed by atoms with E-state index in [9.17, 15) is 14.0 Å². The Morgan fingerprint density at radius 3 is 2.64 bits per heavy atom. The van der Waals surface area contributed by atoms with E-state index in [4.69, 9.17) is 5.11 Å². The van der Waals surface area contributed by atoms with Crippen LogP contribution in [0.5, 0.6) is 0 Å². The summed E-state index contributed by atoms with van der Waals surface area (Å²) in [5.74, 6) is -1.70. The largest absolute Gasteiger partial charge is 0.480 e. The second-order valence-corrected chi connectivity index (χ2v) is 3.79. The number of carboxylic acids is 1. The van der Waals surface area contributed by atoms with E-state index in [2.05, 4.69) is 21.2 Å². The van der Waals surface area contributed by atoms with Crippen molar-refractivity contribution in [2.75, 3.05) is 5.75 Å². The van der Waals surface area contributed by atoms with Crippen LogP contribution in [0.3, 0.4) is 0 Å². The van der Waals surface area contributed by atoms with Gasteiger partial charge in [0.15, 0.2) is 5.16 Å². The summed E-state index contributed by atoms with van der Waals surface area (Å²) in [5, 5.41) is 10.3. The fourth-order valence-electron chi connectivity index (χ4n) is 0.614. The average Bonchev–Trinajstić information content (AvgIpc) is 2.10. The lowest BCUT2D eigenvalue weighted by Gasteiger charge is -2.11. The zero-order chi connectivity index (χ0) is 11.1. The highest BCUT2D eigenvalue weighted by Gasteiger charge is 2.18. The normalized spacial score (nSPS) is 13.5. The third kappa shape index (κ3) is 5.98. The van der Waals surface area contributed by atoms with Crippen LogP contribution in [0.25, 0.3) is 0 Å². The maximum atomic E-state index is 12.6. The summed E-state index contributed by atoms with van der Waals surface area (Å²) in [7, 11) is 0. The molecule has 7 heteroatoms. The van der Waals surface area contributed by atoms with Gasteiger partial charge in [0, 0.05) is 17.7 Å². The van der Waals surface area contributed by atoms with E-state index in [0.29, 0.717) is 11.8 Å².